The minimum atomic E-state index is -1.15. The fourth-order valence-electron chi connectivity index (χ4n) is 2.04. The number of carbonyl (C=O) groups excluding carboxylic acids is 2. The van der Waals surface area contributed by atoms with Crippen LogP contribution in [0.1, 0.15) is 23.7 Å². The lowest BCUT2D eigenvalue weighted by Gasteiger charge is -2.23. The predicted molar refractivity (Wildman–Crippen MR) is 65.0 cm³/mol. The molecule has 1 amide bonds. The second-order valence-corrected chi connectivity index (χ2v) is 4.31. The minimum absolute atomic E-state index is 0.0869. The highest BCUT2D eigenvalue weighted by Gasteiger charge is 2.42. The van der Waals surface area contributed by atoms with Crippen molar-refractivity contribution < 1.29 is 19.5 Å². The highest BCUT2D eigenvalue weighted by molar-refractivity contribution is 6.55. The Morgan fingerprint density at radius 2 is 2.11 bits per heavy atom. The number of nitrogens with zero attached hydrogens (tertiary/aromatic N) is 1. The molecule has 0 aliphatic carbocycles. The van der Waals surface area contributed by atoms with E-state index in [0.717, 1.165) is 4.90 Å². The number of anilines is 1. The van der Waals surface area contributed by atoms with E-state index in [2.05, 4.69) is 0 Å². The van der Waals surface area contributed by atoms with Gasteiger partial charge < -0.3 is 5.11 Å². The van der Waals surface area contributed by atoms with Crippen LogP contribution in [0.4, 0.5) is 5.69 Å². The van der Waals surface area contributed by atoms with E-state index in [0.29, 0.717) is 0 Å². The molecule has 1 unspecified atom stereocenters. The number of carboxylic acids is 1. The number of aliphatic carboxylic acids is 1. The van der Waals surface area contributed by atoms with Crippen molar-refractivity contribution in [3.63, 3.8) is 0 Å². The van der Waals surface area contributed by atoms with Crippen molar-refractivity contribution in [1.82, 2.24) is 0 Å². The number of halogens is 1. The zero-order valence-corrected chi connectivity index (χ0v) is 10.3. The molecule has 0 bridgehead atoms. The van der Waals surface area contributed by atoms with Crippen LogP contribution in [-0.4, -0.2) is 28.8 Å². The van der Waals surface area contributed by atoms with Gasteiger partial charge in [0.25, 0.3) is 11.7 Å². The maximum absolute atomic E-state index is 11.9. The molecule has 2 rings (SSSR count). The summed E-state index contributed by atoms with van der Waals surface area (Å²) in [6.45, 7) is 1.64. The van der Waals surface area contributed by atoms with Crippen LogP contribution in [0.25, 0.3) is 0 Å². The number of carbonyl (C=O) groups is 3. The van der Waals surface area contributed by atoms with Crippen LogP contribution in [-0.2, 0) is 9.59 Å². The smallest absolute Gasteiger partial charge is 0.326 e. The molecular weight excluding hydrogens is 258 g/mol. The van der Waals surface area contributed by atoms with Crippen LogP contribution >= 0.6 is 11.6 Å². The van der Waals surface area contributed by atoms with Crippen LogP contribution in [0.15, 0.2) is 18.2 Å². The van der Waals surface area contributed by atoms with Gasteiger partial charge in [0, 0.05) is 0 Å². The molecule has 0 saturated heterocycles. The lowest BCUT2D eigenvalue weighted by atomic mass is 10.1. The number of hydrogen-bond donors (Lipinski definition) is 1. The predicted octanol–water partition coefficient (Wildman–Crippen LogP) is 1.73. The molecule has 0 fully saturated rings. The van der Waals surface area contributed by atoms with Gasteiger partial charge in [0.1, 0.15) is 6.04 Å². The molecule has 94 valence electrons. The Balaban J connectivity index is 2.59. The number of amides is 1. The van der Waals surface area contributed by atoms with E-state index in [9.17, 15) is 14.4 Å². The summed E-state index contributed by atoms with van der Waals surface area (Å²) in [4.78, 5) is 35.8. The van der Waals surface area contributed by atoms with Crippen LogP contribution in [0.5, 0.6) is 0 Å². The molecule has 1 aliphatic rings. The molecule has 5 nitrogen and oxygen atoms in total. The molecule has 1 atom stereocenters. The Kier molecular flexibility index (Phi) is 3.09. The molecule has 18 heavy (non-hydrogen) atoms. The van der Waals surface area contributed by atoms with Crippen LogP contribution in [0, 0.1) is 0 Å². The molecule has 0 saturated carbocycles. The van der Waals surface area contributed by atoms with Crippen molar-refractivity contribution in [2.45, 2.75) is 19.4 Å². The summed E-state index contributed by atoms with van der Waals surface area (Å²) in [7, 11) is 0. The number of rotatable bonds is 3. The van der Waals surface area contributed by atoms with E-state index in [4.69, 9.17) is 16.7 Å². The number of fused-ring (bicyclic) bond motifs is 1. The summed E-state index contributed by atoms with van der Waals surface area (Å²) in [5, 5.41) is 9.26. The average molecular weight is 268 g/mol. The molecule has 1 aromatic carbocycles. The summed E-state index contributed by atoms with van der Waals surface area (Å²) < 4.78 is 0. The normalized spacial score (nSPS) is 15.8. The number of Topliss-reactive ketones (excluding diaryl/α,β-unsaturated/α-hetero) is 1. The Hall–Kier alpha value is -1.88. The van der Waals surface area contributed by atoms with Gasteiger partial charge in [0.15, 0.2) is 0 Å². The van der Waals surface area contributed by atoms with Gasteiger partial charge in [-0.15, -0.1) is 0 Å². The second-order valence-electron chi connectivity index (χ2n) is 3.90. The third kappa shape index (κ3) is 1.67. The van der Waals surface area contributed by atoms with Crippen molar-refractivity contribution in [3.8, 4) is 0 Å². The highest BCUT2D eigenvalue weighted by Crippen LogP contribution is 2.35. The zero-order chi connectivity index (χ0) is 13.4. The van der Waals surface area contributed by atoms with Gasteiger partial charge in [0.2, 0.25) is 0 Å². The quantitative estimate of drug-likeness (QED) is 0.847. The van der Waals surface area contributed by atoms with Gasteiger partial charge in [-0.2, -0.15) is 0 Å². The van der Waals surface area contributed by atoms with E-state index in [1.54, 1.807) is 13.0 Å². The average Bonchev–Trinajstić information content (AvgIpc) is 2.56. The van der Waals surface area contributed by atoms with E-state index < -0.39 is 23.7 Å². The maximum Gasteiger partial charge on any atom is 0.326 e. The molecule has 1 heterocycles. The summed E-state index contributed by atoms with van der Waals surface area (Å²) >= 11 is 5.88. The molecule has 6 heteroatoms. The SMILES string of the molecule is CCC(C(=O)O)N1C(=O)C(=O)c2c(Cl)cccc21. The number of benzene rings is 1. The fraction of sp³-hybridized carbons (Fsp3) is 0.250. The van der Waals surface area contributed by atoms with Crippen molar-refractivity contribution >= 4 is 34.9 Å². The number of hydrogen-bond acceptors (Lipinski definition) is 3. The lowest BCUT2D eigenvalue weighted by molar-refractivity contribution is -0.139. The summed E-state index contributed by atoms with van der Waals surface area (Å²) in [6.07, 6.45) is 0.209. The molecule has 1 aromatic rings. The summed E-state index contributed by atoms with van der Waals surface area (Å²) in [5.74, 6) is -2.74. The fourth-order valence-corrected chi connectivity index (χ4v) is 2.30. The molecular formula is C12H10ClNO4. The van der Waals surface area contributed by atoms with E-state index in [1.165, 1.54) is 12.1 Å². The molecule has 0 aromatic heterocycles. The Morgan fingerprint density at radius 3 is 2.67 bits per heavy atom. The van der Waals surface area contributed by atoms with Gasteiger partial charge in [-0.05, 0) is 18.6 Å². The van der Waals surface area contributed by atoms with Gasteiger partial charge in [0.05, 0.1) is 16.3 Å². The van der Waals surface area contributed by atoms with E-state index in [-0.39, 0.29) is 22.7 Å². The number of ketones is 1. The van der Waals surface area contributed by atoms with Gasteiger partial charge >= 0.3 is 5.97 Å². The van der Waals surface area contributed by atoms with E-state index >= 15 is 0 Å². The summed E-state index contributed by atoms with van der Waals surface area (Å²) in [6, 6.07) is 3.54. The molecule has 0 radical (unpaired) electrons. The monoisotopic (exact) mass is 267 g/mol. The standard InChI is InChI=1S/C12H10ClNO4/c1-2-7(12(17)18)14-8-5-3-4-6(13)9(8)10(15)11(14)16/h3-5,7H,2H2,1H3,(H,17,18). The first-order valence-electron chi connectivity index (χ1n) is 5.38. The lowest BCUT2D eigenvalue weighted by Crippen LogP contribution is -2.44. The zero-order valence-electron chi connectivity index (χ0n) is 9.51. The van der Waals surface area contributed by atoms with Gasteiger partial charge in [-0.3, -0.25) is 14.5 Å². The third-order valence-electron chi connectivity index (χ3n) is 2.87. The first-order chi connectivity index (χ1) is 8.49. The summed E-state index contributed by atoms with van der Waals surface area (Å²) in [5.41, 5.74) is 0.357. The van der Waals surface area contributed by atoms with Crippen molar-refractivity contribution in [3.05, 3.63) is 28.8 Å². The molecule has 0 spiro atoms. The van der Waals surface area contributed by atoms with Crippen molar-refractivity contribution in [2.24, 2.45) is 0 Å². The topological polar surface area (TPSA) is 74.7 Å². The Bertz CT molecular complexity index is 555. The highest BCUT2D eigenvalue weighted by atomic mass is 35.5. The molecule has 1 N–H and O–H groups in total. The Labute approximate surface area is 108 Å². The van der Waals surface area contributed by atoms with Crippen molar-refractivity contribution in [2.75, 3.05) is 4.90 Å². The van der Waals surface area contributed by atoms with Crippen LogP contribution in [0.2, 0.25) is 5.02 Å². The van der Waals surface area contributed by atoms with Crippen LogP contribution < -0.4 is 4.90 Å². The van der Waals surface area contributed by atoms with Crippen LogP contribution in [0.3, 0.4) is 0 Å². The van der Waals surface area contributed by atoms with Gasteiger partial charge in [-0.25, -0.2) is 4.79 Å². The molecule has 1 aliphatic heterocycles. The number of carboxylic acid groups (broad SMARTS) is 1. The first-order valence-corrected chi connectivity index (χ1v) is 5.76. The minimum Gasteiger partial charge on any atom is -0.480 e. The third-order valence-corrected chi connectivity index (χ3v) is 3.19. The Morgan fingerprint density at radius 1 is 1.44 bits per heavy atom. The van der Waals surface area contributed by atoms with Crippen molar-refractivity contribution in [1.29, 1.82) is 0 Å². The van der Waals surface area contributed by atoms with Gasteiger partial charge in [-0.1, -0.05) is 24.6 Å². The largest absolute Gasteiger partial charge is 0.480 e. The van der Waals surface area contributed by atoms with E-state index in [1.807, 2.05) is 0 Å². The first kappa shape index (κ1) is 12.6. The maximum atomic E-state index is 11.9. The second kappa shape index (κ2) is 4.42.